The van der Waals surface area contributed by atoms with Gasteiger partial charge in [0, 0.05) is 43.7 Å². The van der Waals surface area contributed by atoms with E-state index in [0.29, 0.717) is 6.54 Å². The fraction of sp³-hybridized carbons (Fsp3) is 0.529. The summed E-state index contributed by atoms with van der Waals surface area (Å²) in [7, 11) is 0. The third-order valence-electron chi connectivity index (χ3n) is 4.75. The van der Waals surface area contributed by atoms with Gasteiger partial charge in [0.05, 0.1) is 6.04 Å². The lowest BCUT2D eigenvalue weighted by molar-refractivity contribution is -0.143. The quantitative estimate of drug-likeness (QED) is 0.914. The van der Waals surface area contributed by atoms with E-state index in [9.17, 15) is 9.59 Å². The first-order chi connectivity index (χ1) is 10.9. The molecule has 2 aliphatic rings. The Morgan fingerprint density at radius 1 is 1.30 bits per heavy atom. The average molecular weight is 336 g/mol. The van der Waals surface area contributed by atoms with Crippen molar-refractivity contribution in [2.45, 2.75) is 44.9 Å². The van der Waals surface area contributed by atoms with E-state index < -0.39 is 0 Å². The van der Waals surface area contributed by atoms with Crippen molar-refractivity contribution in [1.82, 2.24) is 15.1 Å². The molecule has 0 saturated carbocycles. The molecule has 0 aliphatic carbocycles. The van der Waals surface area contributed by atoms with E-state index in [2.05, 4.69) is 10.2 Å². The summed E-state index contributed by atoms with van der Waals surface area (Å²) < 4.78 is 0. The Labute approximate surface area is 141 Å². The molecule has 124 valence electrons. The highest BCUT2D eigenvalue weighted by Gasteiger charge is 2.43. The van der Waals surface area contributed by atoms with E-state index >= 15 is 0 Å². The number of carbonyl (C=O) groups is 2. The molecule has 1 aromatic carbocycles. The van der Waals surface area contributed by atoms with Gasteiger partial charge in [-0.25, -0.2) is 0 Å². The Balaban J connectivity index is 1.69. The number of rotatable bonds is 3. The van der Waals surface area contributed by atoms with Gasteiger partial charge in [-0.15, -0.1) is 0 Å². The second kappa shape index (κ2) is 6.49. The molecule has 2 saturated heterocycles. The molecule has 2 aliphatic heterocycles. The van der Waals surface area contributed by atoms with E-state index in [4.69, 9.17) is 11.6 Å². The fourth-order valence-corrected chi connectivity index (χ4v) is 3.73. The highest BCUT2D eigenvalue weighted by molar-refractivity contribution is 6.30. The summed E-state index contributed by atoms with van der Waals surface area (Å²) in [5.74, 6) is 0.122. The number of fused-ring (bicyclic) bond motifs is 1. The molecule has 5 nitrogen and oxygen atoms in total. The van der Waals surface area contributed by atoms with Crippen LogP contribution < -0.4 is 5.32 Å². The first-order valence-corrected chi connectivity index (χ1v) is 8.38. The van der Waals surface area contributed by atoms with Crippen LogP contribution in [-0.2, 0) is 16.1 Å². The van der Waals surface area contributed by atoms with Crippen molar-refractivity contribution in [3.8, 4) is 0 Å². The monoisotopic (exact) mass is 335 g/mol. The predicted molar refractivity (Wildman–Crippen MR) is 89.0 cm³/mol. The molecule has 1 aromatic rings. The van der Waals surface area contributed by atoms with Crippen LogP contribution in [0.15, 0.2) is 24.3 Å². The van der Waals surface area contributed by atoms with Crippen LogP contribution >= 0.6 is 11.6 Å². The first-order valence-electron chi connectivity index (χ1n) is 8.00. The second-order valence-corrected chi connectivity index (χ2v) is 6.95. The fourth-order valence-electron chi connectivity index (χ4n) is 3.60. The first kappa shape index (κ1) is 16.3. The minimum atomic E-state index is -0.141. The SMILES string of the molecule is CC(=O)N[C@H]1C[C@H]2CN(Cc3ccc(Cl)cc3)[C@@H](C)C(=O)N2C1. The van der Waals surface area contributed by atoms with Crippen LogP contribution in [0.4, 0.5) is 0 Å². The number of halogens is 1. The Hall–Kier alpha value is -1.59. The van der Waals surface area contributed by atoms with Gasteiger partial charge < -0.3 is 10.2 Å². The number of nitrogens with one attached hydrogen (secondary N) is 1. The molecule has 1 N–H and O–H groups in total. The van der Waals surface area contributed by atoms with Crippen LogP contribution in [0.5, 0.6) is 0 Å². The summed E-state index contributed by atoms with van der Waals surface area (Å²) in [5.41, 5.74) is 1.15. The molecule has 0 aromatic heterocycles. The van der Waals surface area contributed by atoms with Crippen molar-refractivity contribution in [3.63, 3.8) is 0 Å². The van der Waals surface area contributed by atoms with Crippen molar-refractivity contribution in [3.05, 3.63) is 34.9 Å². The Bertz CT molecular complexity index is 604. The van der Waals surface area contributed by atoms with Gasteiger partial charge in [0.2, 0.25) is 11.8 Å². The molecule has 2 fully saturated rings. The van der Waals surface area contributed by atoms with Crippen LogP contribution in [0.25, 0.3) is 0 Å². The average Bonchev–Trinajstić information content (AvgIpc) is 2.88. The summed E-state index contributed by atoms with van der Waals surface area (Å²) in [6, 6.07) is 7.87. The zero-order chi connectivity index (χ0) is 16.6. The predicted octanol–water partition coefficient (Wildman–Crippen LogP) is 1.65. The number of carbonyl (C=O) groups excluding carboxylic acids is 2. The van der Waals surface area contributed by atoms with Crippen LogP contribution in [0.2, 0.25) is 5.02 Å². The van der Waals surface area contributed by atoms with E-state index in [0.717, 1.165) is 30.1 Å². The van der Waals surface area contributed by atoms with Gasteiger partial charge >= 0.3 is 0 Å². The number of amides is 2. The number of hydrogen-bond acceptors (Lipinski definition) is 3. The number of hydrogen-bond donors (Lipinski definition) is 1. The van der Waals surface area contributed by atoms with Crippen LogP contribution in [0.1, 0.15) is 25.8 Å². The number of nitrogens with zero attached hydrogens (tertiary/aromatic N) is 2. The molecule has 3 atom stereocenters. The smallest absolute Gasteiger partial charge is 0.240 e. The largest absolute Gasteiger partial charge is 0.352 e. The normalized spacial score (nSPS) is 27.9. The van der Waals surface area contributed by atoms with Crippen molar-refractivity contribution >= 4 is 23.4 Å². The van der Waals surface area contributed by atoms with Crippen LogP contribution in [-0.4, -0.2) is 52.8 Å². The summed E-state index contributed by atoms with van der Waals surface area (Å²) in [6.07, 6.45) is 0.829. The standard InChI is InChI=1S/C17H22ClN3O2/c1-11-17(23)21-9-15(19-12(2)22)7-16(21)10-20(11)8-13-3-5-14(18)6-4-13/h3-6,11,15-16H,7-10H2,1-2H3,(H,19,22)/t11-,15-,16-/m0/s1. The Kier molecular flexibility index (Phi) is 4.60. The van der Waals surface area contributed by atoms with E-state index in [1.165, 1.54) is 6.92 Å². The lowest BCUT2D eigenvalue weighted by Gasteiger charge is -2.41. The van der Waals surface area contributed by atoms with Crippen molar-refractivity contribution in [2.75, 3.05) is 13.1 Å². The van der Waals surface area contributed by atoms with Gasteiger partial charge in [-0.3, -0.25) is 14.5 Å². The molecule has 0 spiro atoms. The van der Waals surface area contributed by atoms with Crippen LogP contribution in [0, 0.1) is 0 Å². The lowest BCUT2D eigenvalue weighted by Crippen LogP contribution is -2.58. The number of benzene rings is 1. The maximum atomic E-state index is 12.6. The lowest BCUT2D eigenvalue weighted by atomic mass is 10.1. The van der Waals surface area contributed by atoms with Crippen LogP contribution in [0.3, 0.4) is 0 Å². The van der Waals surface area contributed by atoms with Gasteiger partial charge in [0.25, 0.3) is 0 Å². The van der Waals surface area contributed by atoms with E-state index in [-0.39, 0.29) is 29.9 Å². The molecular weight excluding hydrogens is 314 g/mol. The Morgan fingerprint density at radius 3 is 2.65 bits per heavy atom. The minimum Gasteiger partial charge on any atom is -0.352 e. The van der Waals surface area contributed by atoms with Crippen molar-refractivity contribution < 1.29 is 9.59 Å². The molecule has 0 bridgehead atoms. The summed E-state index contributed by atoms with van der Waals surface area (Å²) in [6.45, 7) is 5.68. The number of piperazine rings is 1. The Morgan fingerprint density at radius 2 is 2.00 bits per heavy atom. The highest BCUT2D eigenvalue weighted by Crippen LogP contribution is 2.27. The van der Waals surface area contributed by atoms with Gasteiger partial charge in [0.1, 0.15) is 0 Å². The summed E-state index contributed by atoms with van der Waals surface area (Å²) in [5, 5.41) is 3.66. The topological polar surface area (TPSA) is 52.7 Å². The third-order valence-corrected chi connectivity index (χ3v) is 5.01. The maximum absolute atomic E-state index is 12.6. The highest BCUT2D eigenvalue weighted by atomic mass is 35.5. The maximum Gasteiger partial charge on any atom is 0.240 e. The van der Waals surface area contributed by atoms with E-state index in [1.54, 1.807) is 0 Å². The molecular formula is C17H22ClN3O2. The van der Waals surface area contributed by atoms with E-state index in [1.807, 2.05) is 36.1 Å². The molecule has 0 radical (unpaired) electrons. The second-order valence-electron chi connectivity index (χ2n) is 6.51. The zero-order valence-electron chi connectivity index (χ0n) is 13.5. The molecule has 2 heterocycles. The molecule has 23 heavy (non-hydrogen) atoms. The molecule has 3 rings (SSSR count). The van der Waals surface area contributed by atoms with Gasteiger partial charge in [-0.05, 0) is 31.0 Å². The summed E-state index contributed by atoms with van der Waals surface area (Å²) >= 11 is 5.93. The summed E-state index contributed by atoms with van der Waals surface area (Å²) in [4.78, 5) is 28.0. The third kappa shape index (κ3) is 3.51. The van der Waals surface area contributed by atoms with Gasteiger partial charge in [-0.1, -0.05) is 23.7 Å². The molecule has 6 heteroatoms. The molecule has 2 amide bonds. The van der Waals surface area contributed by atoms with Gasteiger partial charge in [0.15, 0.2) is 0 Å². The van der Waals surface area contributed by atoms with Gasteiger partial charge in [-0.2, -0.15) is 0 Å². The molecule has 0 unspecified atom stereocenters. The van der Waals surface area contributed by atoms with Crippen molar-refractivity contribution in [2.24, 2.45) is 0 Å². The minimum absolute atomic E-state index is 0.0339. The van der Waals surface area contributed by atoms with Crippen molar-refractivity contribution in [1.29, 1.82) is 0 Å². The zero-order valence-corrected chi connectivity index (χ0v) is 14.2.